The Bertz CT molecular complexity index is 1230. The summed E-state index contributed by atoms with van der Waals surface area (Å²) in [5.74, 6) is -0.487. The summed E-state index contributed by atoms with van der Waals surface area (Å²) >= 11 is 12.0. The molecule has 0 spiro atoms. The lowest BCUT2D eigenvalue weighted by atomic mass is 10.1. The van der Waals surface area contributed by atoms with E-state index in [1.807, 2.05) is 6.07 Å². The van der Waals surface area contributed by atoms with Crippen LogP contribution >= 0.6 is 23.2 Å². The Labute approximate surface area is 194 Å². The van der Waals surface area contributed by atoms with Crippen LogP contribution in [0.15, 0.2) is 72.3 Å². The second-order valence-corrected chi connectivity index (χ2v) is 7.25. The fourth-order valence-electron chi connectivity index (χ4n) is 2.67. The molecule has 3 aromatic rings. The van der Waals surface area contributed by atoms with Crippen molar-refractivity contribution in [3.05, 3.63) is 93.5 Å². The van der Waals surface area contributed by atoms with Gasteiger partial charge < -0.3 is 14.8 Å². The molecule has 32 heavy (non-hydrogen) atoms. The molecule has 8 heteroatoms. The molecule has 3 aromatic carbocycles. The largest absolute Gasteiger partial charge is 0.497 e. The Balaban J connectivity index is 1.83. The quantitative estimate of drug-likeness (QED) is 0.215. The zero-order chi connectivity index (χ0) is 23.1. The summed E-state index contributed by atoms with van der Waals surface area (Å²) in [4.78, 5) is 25.1. The van der Waals surface area contributed by atoms with Gasteiger partial charge in [-0.05, 0) is 54.6 Å². The Morgan fingerprint density at radius 3 is 2.44 bits per heavy atom. The molecule has 6 nitrogen and oxygen atoms in total. The highest BCUT2D eigenvalue weighted by atomic mass is 35.5. The number of nitriles is 1. The van der Waals surface area contributed by atoms with Gasteiger partial charge in [-0.3, -0.25) is 4.79 Å². The van der Waals surface area contributed by atoms with Gasteiger partial charge in [0.15, 0.2) is 0 Å². The van der Waals surface area contributed by atoms with Crippen LogP contribution in [0.2, 0.25) is 10.0 Å². The summed E-state index contributed by atoms with van der Waals surface area (Å²) in [6, 6.07) is 19.4. The third-order valence-electron chi connectivity index (χ3n) is 4.29. The molecule has 3 rings (SSSR count). The van der Waals surface area contributed by atoms with E-state index in [1.54, 1.807) is 54.6 Å². The number of methoxy groups -OCH3 is 1. The smallest absolute Gasteiger partial charge is 0.343 e. The van der Waals surface area contributed by atoms with E-state index in [9.17, 15) is 14.9 Å². The van der Waals surface area contributed by atoms with Gasteiger partial charge in [-0.15, -0.1) is 0 Å². The SMILES string of the molecule is COc1ccc(C(=O)Oc2ccccc2/C=C(\C#N)C(=O)Nc2cc(Cl)ccc2Cl)cc1. The molecule has 0 atom stereocenters. The van der Waals surface area contributed by atoms with Gasteiger partial charge in [0.1, 0.15) is 23.1 Å². The van der Waals surface area contributed by atoms with Crippen LogP contribution in [0.3, 0.4) is 0 Å². The lowest BCUT2D eigenvalue weighted by Gasteiger charge is -2.09. The van der Waals surface area contributed by atoms with Crippen LogP contribution in [0.4, 0.5) is 5.69 Å². The van der Waals surface area contributed by atoms with E-state index in [0.29, 0.717) is 21.9 Å². The Kier molecular flexibility index (Phi) is 7.50. The van der Waals surface area contributed by atoms with E-state index >= 15 is 0 Å². The number of nitrogens with one attached hydrogen (secondary N) is 1. The number of carbonyl (C=O) groups excluding carboxylic acids is 2. The first-order valence-electron chi connectivity index (χ1n) is 9.24. The third-order valence-corrected chi connectivity index (χ3v) is 4.85. The van der Waals surface area contributed by atoms with Crippen molar-refractivity contribution in [1.82, 2.24) is 0 Å². The van der Waals surface area contributed by atoms with Crippen molar-refractivity contribution < 1.29 is 19.1 Å². The zero-order valence-corrected chi connectivity index (χ0v) is 18.3. The summed E-state index contributed by atoms with van der Waals surface area (Å²) < 4.78 is 10.6. The van der Waals surface area contributed by atoms with Crippen molar-refractivity contribution in [3.63, 3.8) is 0 Å². The summed E-state index contributed by atoms with van der Waals surface area (Å²) in [5.41, 5.74) is 0.746. The predicted molar refractivity (Wildman–Crippen MR) is 123 cm³/mol. The van der Waals surface area contributed by atoms with Crippen molar-refractivity contribution in [2.75, 3.05) is 12.4 Å². The molecule has 0 unspecified atom stereocenters. The highest BCUT2D eigenvalue weighted by Crippen LogP contribution is 2.27. The molecule has 0 aliphatic carbocycles. The van der Waals surface area contributed by atoms with E-state index in [4.69, 9.17) is 32.7 Å². The van der Waals surface area contributed by atoms with E-state index in [0.717, 1.165) is 0 Å². The second-order valence-electron chi connectivity index (χ2n) is 6.40. The lowest BCUT2D eigenvalue weighted by Crippen LogP contribution is -2.14. The number of hydrogen-bond acceptors (Lipinski definition) is 5. The molecule has 0 saturated carbocycles. The molecule has 160 valence electrons. The van der Waals surface area contributed by atoms with Crippen molar-refractivity contribution >= 4 is 46.8 Å². The van der Waals surface area contributed by atoms with E-state index in [2.05, 4.69) is 5.32 Å². The Morgan fingerprint density at radius 1 is 1.03 bits per heavy atom. The van der Waals surface area contributed by atoms with Gasteiger partial charge in [0.2, 0.25) is 0 Å². The molecule has 1 N–H and O–H groups in total. The van der Waals surface area contributed by atoms with Crippen LogP contribution in [-0.4, -0.2) is 19.0 Å². The molecule has 0 fully saturated rings. The number of esters is 1. The maximum absolute atomic E-state index is 12.6. The fraction of sp³-hybridized carbons (Fsp3) is 0.0417. The zero-order valence-electron chi connectivity index (χ0n) is 16.8. The number of halogens is 2. The summed E-state index contributed by atoms with van der Waals surface area (Å²) in [6.45, 7) is 0. The number of benzene rings is 3. The first kappa shape index (κ1) is 22.9. The number of nitrogens with zero attached hydrogens (tertiary/aromatic N) is 1. The number of ether oxygens (including phenoxy) is 2. The maximum Gasteiger partial charge on any atom is 0.343 e. The monoisotopic (exact) mass is 466 g/mol. The average molecular weight is 467 g/mol. The highest BCUT2D eigenvalue weighted by molar-refractivity contribution is 6.36. The van der Waals surface area contributed by atoms with Gasteiger partial charge >= 0.3 is 5.97 Å². The van der Waals surface area contributed by atoms with Gasteiger partial charge in [0.05, 0.1) is 23.4 Å². The molecule has 0 radical (unpaired) electrons. The van der Waals surface area contributed by atoms with Crippen LogP contribution in [0.25, 0.3) is 6.08 Å². The number of carbonyl (C=O) groups is 2. The molecule has 0 saturated heterocycles. The number of hydrogen-bond donors (Lipinski definition) is 1. The molecule has 0 aliphatic heterocycles. The summed E-state index contributed by atoms with van der Waals surface area (Å²) in [5, 5.41) is 12.7. The third kappa shape index (κ3) is 5.67. The van der Waals surface area contributed by atoms with E-state index in [-0.39, 0.29) is 22.0 Å². The summed E-state index contributed by atoms with van der Waals surface area (Å²) in [6.07, 6.45) is 1.32. The first-order chi connectivity index (χ1) is 15.4. The van der Waals surface area contributed by atoms with Gasteiger partial charge in [-0.25, -0.2) is 4.79 Å². The van der Waals surface area contributed by atoms with Gasteiger partial charge in [0.25, 0.3) is 5.91 Å². The number of amides is 1. The number of anilines is 1. The van der Waals surface area contributed by atoms with E-state index < -0.39 is 11.9 Å². The fourth-order valence-corrected chi connectivity index (χ4v) is 3.00. The van der Waals surface area contributed by atoms with Crippen molar-refractivity contribution in [2.45, 2.75) is 0 Å². The van der Waals surface area contributed by atoms with Gasteiger partial charge in [-0.1, -0.05) is 41.4 Å². The molecule has 0 bridgehead atoms. The topological polar surface area (TPSA) is 88.4 Å². The minimum atomic E-state index is -0.687. The first-order valence-corrected chi connectivity index (χ1v) is 10.0. The Hall–Kier alpha value is -3.79. The lowest BCUT2D eigenvalue weighted by molar-refractivity contribution is -0.112. The van der Waals surface area contributed by atoms with E-state index in [1.165, 1.54) is 25.3 Å². The Morgan fingerprint density at radius 2 is 1.75 bits per heavy atom. The number of para-hydroxylation sites is 1. The van der Waals surface area contributed by atoms with Crippen LogP contribution in [0.5, 0.6) is 11.5 Å². The van der Waals surface area contributed by atoms with Crippen LogP contribution in [0.1, 0.15) is 15.9 Å². The van der Waals surface area contributed by atoms with Gasteiger partial charge in [0, 0.05) is 10.6 Å². The minimum Gasteiger partial charge on any atom is -0.497 e. The van der Waals surface area contributed by atoms with Crippen molar-refractivity contribution in [1.29, 1.82) is 5.26 Å². The van der Waals surface area contributed by atoms with Crippen molar-refractivity contribution in [3.8, 4) is 17.6 Å². The normalized spacial score (nSPS) is 10.8. The minimum absolute atomic E-state index is 0.189. The molecule has 1 amide bonds. The highest BCUT2D eigenvalue weighted by Gasteiger charge is 2.15. The second kappa shape index (κ2) is 10.5. The molecular weight excluding hydrogens is 451 g/mol. The van der Waals surface area contributed by atoms with Crippen LogP contribution in [0, 0.1) is 11.3 Å². The molecule has 0 aliphatic rings. The van der Waals surface area contributed by atoms with Gasteiger partial charge in [-0.2, -0.15) is 5.26 Å². The number of rotatable bonds is 6. The summed E-state index contributed by atoms with van der Waals surface area (Å²) in [7, 11) is 1.53. The predicted octanol–water partition coefficient (Wildman–Crippen LogP) is 5.77. The molecule has 0 heterocycles. The standard InChI is InChI=1S/C24H16Cl2N2O4/c1-31-19-9-6-15(7-10-19)24(30)32-22-5-3-2-4-16(22)12-17(14-27)23(29)28-21-13-18(25)8-11-20(21)26/h2-13H,1H3,(H,28,29)/b17-12+. The van der Waals surface area contributed by atoms with Crippen LogP contribution < -0.4 is 14.8 Å². The molecule has 0 aromatic heterocycles. The van der Waals surface area contributed by atoms with Crippen molar-refractivity contribution in [2.24, 2.45) is 0 Å². The molecular formula is C24H16Cl2N2O4. The van der Waals surface area contributed by atoms with Crippen LogP contribution in [-0.2, 0) is 4.79 Å². The average Bonchev–Trinajstić information content (AvgIpc) is 2.80. The maximum atomic E-state index is 12.6.